The van der Waals surface area contributed by atoms with E-state index in [9.17, 15) is 4.79 Å². The van der Waals surface area contributed by atoms with Crippen LogP contribution >= 0.6 is 12.4 Å². The lowest BCUT2D eigenvalue weighted by molar-refractivity contribution is 0.0939. The number of aryl methyl sites for hydroxylation is 1. The SMILES string of the molecule is Cc1cc(C(=O)NC2CCNC2)c(C)n1C(C)c1ccccc1.Cl. The molecule has 0 spiro atoms. The lowest BCUT2D eigenvalue weighted by Gasteiger charge is -2.19. The zero-order chi connectivity index (χ0) is 16.4. The number of nitrogens with zero attached hydrogens (tertiary/aromatic N) is 1. The molecule has 1 fully saturated rings. The predicted octanol–water partition coefficient (Wildman–Crippen LogP) is 3.23. The predicted molar refractivity (Wildman–Crippen MR) is 100 cm³/mol. The van der Waals surface area contributed by atoms with Crippen molar-refractivity contribution in [3.8, 4) is 0 Å². The second kappa shape index (κ2) is 7.86. The third-order valence-corrected chi connectivity index (χ3v) is 4.79. The molecule has 0 aliphatic carbocycles. The molecule has 4 nitrogen and oxygen atoms in total. The number of carbonyl (C=O) groups excluding carboxylic acids is 1. The largest absolute Gasteiger partial charge is 0.348 e. The molecule has 3 rings (SSSR count). The van der Waals surface area contributed by atoms with E-state index in [1.165, 1.54) is 5.56 Å². The molecule has 2 N–H and O–H groups in total. The van der Waals surface area contributed by atoms with Crippen molar-refractivity contribution in [1.29, 1.82) is 0 Å². The minimum absolute atomic E-state index is 0. The van der Waals surface area contributed by atoms with Gasteiger partial charge in [0, 0.05) is 24.0 Å². The third-order valence-electron chi connectivity index (χ3n) is 4.79. The molecule has 2 atom stereocenters. The number of rotatable bonds is 4. The van der Waals surface area contributed by atoms with Gasteiger partial charge in [-0.15, -0.1) is 12.4 Å². The van der Waals surface area contributed by atoms with E-state index in [0.717, 1.165) is 36.5 Å². The molecule has 5 heteroatoms. The maximum absolute atomic E-state index is 12.6. The van der Waals surface area contributed by atoms with Gasteiger partial charge in [0.15, 0.2) is 0 Å². The Balaban J connectivity index is 0.00000208. The van der Waals surface area contributed by atoms with Gasteiger partial charge >= 0.3 is 0 Å². The Labute approximate surface area is 150 Å². The number of benzene rings is 1. The normalized spacial score (nSPS) is 18.0. The van der Waals surface area contributed by atoms with Gasteiger partial charge in [-0.2, -0.15) is 0 Å². The number of amides is 1. The third kappa shape index (κ3) is 3.65. The molecule has 130 valence electrons. The highest BCUT2D eigenvalue weighted by Crippen LogP contribution is 2.25. The van der Waals surface area contributed by atoms with Crippen LogP contribution in [-0.2, 0) is 0 Å². The zero-order valence-corrected chi connectivity index (χ0v) is 15.3. The number of hydrogen-bond donors (Lipinski definition) is 2. The molecule has 2 unspecified atom stereocenters. The van der Waals surface area contributed by atoms with Gasteiger partial charge in [-0.3, -0.25) is 4.79 Å². The molecule has 0 radical (unpaired) electrons. The van der Waals surface area contributed by atoms with Crippen molar-refractivity contribution in [2.45, 2.75) is 39.3 Å². The highest BCUT2D eigenvalue weighted by atomic mass is 35.5. The van der Waals surface area contributed by atoms with Crippen LogP contribution in [0.1, 0.15) is 46.7 Å². The van der Waals surface area contributed by atoms with Crippen molar-refractivity contribution in [3.63, 3.8) is 0 Å². The van der Waals surface area contributed by atoms with Gasteiger partial charge in [-0.1, -0.05) is 30.3 Å². The average molecular weight is 348 g/mol. The minimum Gasteiger partial charge on any atom is -0.348 e. The lowest BCUT2D eigenvalue weighted by atomic mass is 10.1. The first-order valence-electron chi connectivity index (χ1n) is 8.33. The number of carbonyl (C=O) groups is 1. The standard InChI is InChI=1S/C19H25N3O.ClH/c1-13-11-18(19(23)21-17-9-10-20-12-17)15(3)22(13)14(2)16-7-5-4-6-8-16;/h4-8,11,14,17,20H,9-10,12H2,1-3H3,(H,21,23);1H. The van der Waals surface area contributed by atoms with Crippen LogP contribution in [0.15, 0.2) is 36.4 Å². The summed E-state index contributed by atoms with van der Waals surface area (Å²) in [5.41, 5.74) is 4.19. The van der Waals surface area contributed by atoms with Gasteiger partial charge in [0.05, 0.1) is 11.6 Å². The van der Waals surface area contributed by atoms with Crippen molar-refractivity contribution in [1.82, 2.24) is 15.2 Å². The summed E-state index contributed by atoms with van der Waals surface area (Å²) in [5, 5.41) is 6.42. The summed E-state index contributed by atoms with van der Waals surface area (Å²) in [4.78, 5) is 12.6. The number of aromatic nitrogens is 1. The molecule has 0 saturated carbocycles. The molecule has 2 aromatic rings. The molecule has 2 heterocycles. The van der Waals surface area contributed by atoms with Crippen LogP contribution in [0.2, 0.25) is 0 Å². The van der Waals surface area contributed by atoms with Crippen molar-refractivity contribution in [2.24, 2.45) is 0 Å². The monoisotopic (exact) mass is 347 g/mol. The van der Waals surface area contributed by atoms with E-state index in [-0.39, 0.29) is 30.4 Å². The van der Waals surface area contributed by atoms with E-state index < -0.39 is 0 Å². The maximum Gasteiger partial charge on any atom is 0.253 e. The maximum atomic E-state index is 12.6. The Kier molecular flexibility index (Phi) is 6.08. The van der Waals surface area contributed by atoms with Crippen LogP contribution in [0, 0.1) is 13.8 Å². The molecule has 1 aromatic heterocycles. The molecule has 0 bridgehead atoms. The van der Waals surface area contributed by atoms with Gasteiger partial charge < -0.3 is 15.2 Å². The second-order valence-corrected chi connectivity index (χ2v) is 6.40. The summed E-state index contributed by atoms with van der Waals surface area (Å²) in [5.74, 6) is 0.0401. The van der Waals surface area contributed by atoms with Crippen LogP contribution in [0.5, 0.6) is 0 Å². The Bertz CT molecular complexity index is 690. The molecule has 1 saturated heterocycles. The first-order chi connectivity index (χ1) is 11.1. The van der Waals surface area contributed by atoms with E-state index in [1.807, 2.05) is 19.1 Å². The summed E-state index contributed by atoms with van der Waals surface area (Å²) < 4.78 is 2.25. The number of nitrogens with one attached hydrogen (secondary N) is 2. The zero-order valence-electron chi connectivity index (χ0n) is 14.5. The summed E-state index contributed by atoms with van der Waals surface area (Å²) in [7, 11) is 0. The summed E-state index contributed by atoms with van der Waals surface area (Å²) in [6.07, 6.45) is 1.00. The van der Waals surface area contributed by atoms with Crippen LogP contribution in [-0.4, -0.2) is 29.6 Å². The molecule has 1 amide bonds. The van der Waals surface area contributed by atoms with Crippen molar-refractivity contribution < 1.29 is 4.79 Å². The van der Waals surface area contributed by atoms with Gasteiger partial charge in [0.25, 0.3) is 5.91 Å². The summed E-state index contributed by atoms with van der Waals surface area (Å²) in [6, 6.07) is 12.9. The van der Waals surface area contributed by atoms with E-state index in [2.05, 4.69) is 53.3 Å². The van der Waals surface area contributed by atoms with Crippen molar-refractivity contribution in [3.05, 3.63) is 58.9 Å². The van der Waals surface area contributed by atoms with E-state index in [1.54, 1.807) is 0 Å². The van der Waals surface area contributed by atoms with Crippen molar-refractivity contribution in [2.75, 3.05) is 13.1 Å². The first kappa shape index (κ1) is 18.6. The van der Waals surface area contributed by atoms with Gasteiger partial charge in [-0.25, -0.2) is 0 Å². The fourth-order valence-electron chi connectivity index (χ4n) is 3.52. The highest BCUT2D eigenvalue weighted by molar-refractivity contribution is 5.96. The number of hydrogen-bond acceptors (Lipinski definition) is 2. The van der Waals surface area contributed by atoms with Crippen LogP contribution in [0.3, 0.4) is 0 Å². The molecular weight excluding hydrogens is 322 g/mol. The molecule has 1 aromatic carbocycles. The average Bonchev–Trinajstić information content (AvgIpc) is 3.15. The van der Waals surface area contributed by atoms with E-state index in [0.29, 0.717) is 0 Å². The Morgan fingerprint density at radius 1 is 1.29 bits per heavy atom. The second-order valence-electron chi connectivity index (χ2n) is 6.40. The Morgan fingerprint density at radius 3 is 2.62 bits per heavy atom. The topological polar surface area (TPSA) is 46.1 Å². The number of halogens is 1. The Morgan fingerprint density at radius 2 is 2.00 bits per heavy atom. The minimum atomic E-state index is 0. The molecule has 24 heavy (non-hydrogen) atoms. The van der Waals surface area contributed by atoms with E-state index >= 15 is 0 Å². The van der Waals surface area contributed by atoms with Crippen LogP contribution in [0.4, 0.5) is 0 Å². The van der Waals surface area contributed by atoms with Gasteiger partial charge in [0.2, 0.25) is 0 Å². The van der Waals surface area contributed by atoms with Crippen LogP contribution < -0.4 is 10.6 Å². The summed E-state index contributed by atoms with van der Waals surface area (Å²) in [6.45, 7) is 8.13. The highest BCUT2D eigenvalue weighted by Gasteiger charge is 2.22. The van der Waals surface area contributed by atoms with Crippen molar-refractivity contribution >= 4 is 18.3 Å². The molecular formula is C19H26ClN3O. The first-order valence-corrected chi connectivity index (χ1v) is 8.33. The summed E-state index contributed by atoms with van der Waals surface area (Å²) >= 11 is 0. The fourth-order valence-corrected chi connectivity index (χ4v) is 3.52. The smallest absolute Gasteiger partial charge is 0.253 e. The lowest BCUT2D eigenvalue weighted by Crippen LogP contribution is -2.36. The van der Waals surface area contributed by atoms with Gasteiger partial charge in [-0.05, 0) is 45.4 Å². The Hall–Kier alpha value is -1.78. The van der Waals surface area contributed by atoms with Gasteiger partial charge in [0.1, 0.15) is 0 Å². The quantitative estimate of drug-likeness (QED) is 0.892. The molecule has 1 aliphatic heterocycles. The fraction of sp³-hybridized carbons (Fsp3) is 0.421. The van der Waals surface area contributed by atoms with E-state index in [4.69, 9.17) is 0 Å². The molecule has 1 aliphatic rings. The van der Waals surface area contributed by atoms with Crippen LogP contribution in [0.25, 0.3) is 0 Å².